The number of benzene rings is 1. The summed E-state index contributed by atoms with van der Waals surface area (Å²) in [6.07, 6.45) is 4.12. The number of nitro benzene ring substituents is 1. The van der Waals surface area contributed by atoms with Crippen LogP contribution >= 0.6 is 12.4 Å². The number of amides is 1. The quantitative estimate of drug-likeness (QED) is 0.670. The molecule has 0 spiro atoms. The van der Waals surface area contributed by atoms with E-state index in [4.69, 9.17) is 0 Å². The number of non-ortho nitro benzene ring substituents is 1. The molecular weight excluding hydrogens is 334 g/mol. The summed E-state index contributed by atoms with van der Waals surface area (Å²) < 4.78 is 1.55. The maximum Gasteiger partial charge on any atom is 0.269 e. The first-order valence-electron chi connectivity index (χ1n) is 7.44. The molecule has 2 heterocycles. The lowest BCUT2D eigenvalue weighted by Crippen LogP contribution is -2.33. The summed E-state index contributed by atoms with van der Waals surface area (Å²) >= 11 is 0. The number of hydrogen-bond donors (Lipinski definition) is 1. The highest BCUT2D eigenvalue weighted by Crippen LogP contribution is 2.16. The number of carbonyl (C=O) groups excluding carboxylic acids is 1. The molecule has 9 heteroatoms. The van der Waals surface area contributed by atoms with Gasteiger partial charge in [-0.05, 0) is 25.1 Å². The molecular formula is C15H18ClN5O3. The van der Waals surface area contributed by atoms with E-state index < -0.39 is 4.92 Å². The molecule has 1 aliphatic heterocycles. The molecule has 2 aromatic rings. The third-order valence-electron chi connectivity index (χ3n) is 3.78. The van der Waals surface area contributed by atoms with Gasteiger partial charge in [0.2, 0.25) is 0 Å². The first-order valence-corrected chi connectivity index (χ1v) is 7.44. The molecule has 0 saturated carbocycles. The van der Waals surface area contributed by atoms with Gasteiger partial charge in [-0.15, -0.1) is 12.4 Å². The fourth-order valence-corrected chi connectivity index (χ4v) is 2.53. The Hall–Kier alpha value is -2.45. The van der Waals surface area contributed by atoms with Crippen molar-refractivity contribution in [3.8, 4) is 5.69 Å². The normalized spacial score (nSPS) is 14.6. The Morgan fingerprint density at radius 2 is 1.96 bits per heavy atom. The fourth-order valence-electron chi connectivity index (χ4n) is 2.53. The van der Waals surface area contributed by atoms with Crippen LogP contribution in [0.4, 0.5) is 5.69 Å². The van der Waals surface area contributed by atoms with Crippen LogP contribution < -0.4 is 5.32 Å². The summed E-state index contributed by atoms with van der Waals surface area (Å²) in [5, 5.41) is 18.1. The second-order valence-electron chi connectivity index (χ2n) is 5.34. The molecule has 0 radical (unpaired) electrons. The minimum Gasteiger partial charge on any atom is -0.337 e. The van der Waals surface area contributed by atoms with Crippen LogP contribution in [0.2, 0.25) is 0 Å². The zero-order valence-electron chi connectivity index (χ0n) is 12.9. The first kappa shape index (κ1) is 17.9. The van der Waals surface area contributed by atoms with Gasteiger partial charge in [-0.2, -0.15) is 5.10 Å². The maximum atomic E-state index is 12.5. The lowest BCUT2D eigenvalue weighted by atomic mass is 10.2. The fraction of sp³-hybridized carbons (Fsp3) is 0.333. The van der Waals surface area contributed by atoms with Crippen LogP contribution in [0.5, 0.6) is 0 Å². The molecule has 0 bridgehead atoms. The van der Waals surface area contributed by atoms with Crippen LogP contribution in [0.1, 0.15) is 16.8 Å². The van der Waals surface area contributed by atoms with Gasteiger partial charge in [-0.1, -0.05) is 0 Å². The van der Waals surface area contributed by atoms with Crippen LogP contribution in [-0.4, -0.2) is 51.7 Å². The van der Waals surface area contributed by atoms with E-state index in [0.29, 0.717) is 17.8 Å². The predicted molar refractivity (Wildman–Crippen MR) is 90.9 cm³/mol. The molecule has 0 unspecified atom stereocenters. The van der Waals surface area contributed by atoms with Crippen LogP contribution in [0.25, 0.3) is 5.69 Å². The summed E-state index contributed by atoms with van der Waals surface area (Å²) in [4.78, 5) is 24.5. The lowest BCUT2D eigenvalue weighted by molar-refractivity contribution is -0.384. The van der Waals surface area contributed by atoms with Crippen molar-refractivity contribution >= 4 is 24.0 Å². The number of aromatic nitrogens is 2. The molecule has 1 amide bonds. The van der Waals surface area contributed by atoms with Crippen molar-refractivity contribution in [3.05, 3.63) is 52.3 Å². The molecule has 24 heavy (non-hydrogen) atoms. The first-order chi connectivity index (χ1) is 11.1. The van der Waals surface area contributed by atoms with E-state index in [1.165, 1.54) is 18.3 Å². The third kappa shape index (κ3) is 3.90. The minimum absolute atomic E-state index is 0. The van der Waals surface area contributed by atoms with Crippen molar-refractivity contribution in [1.29, 1.82) is 0 Å². The van der Waals surface area contributed by atoms with Crippen molar-refractivity contribution in [2.24, 2.45) is 0 Å². The molecule has 0 aliphatic carbocycles. The average molecular weight is 352 g/mol. The van der Waals surface area contributed by atoms with Gasteiger partial charge in [-0.25, -0.2) is 4.68 Å². The smallest absolute Gasteiger partial charge is 0.269 e. The van der Waals surface area contributed by atoms with Crippen LogP contribution in [-0.2, 0) is 0 Å². The van der Waals surface area contributed by atoms with E-state index in [0.717, 1.165) is 26.1 Å². The van der Waals surface area contributed by atoms with E-state index in [2.05, 4.69) is 10.4 Å². The van der Waals surface area contributed by atoms with Crippen molar-refractivity contribution < 1.29 is 9.72 Å². The summed E-state index contributed by atoms with van der Waals surface area (Å²) in [6, 6.07) is 6.04. The molecule has 3 rings (SSSR count). The zero-order valence-corrected chi connectivity index (χ0v) is 13.7. The Bertz CT molecular complexity index is 708. The Morgan fingerprint density at radius 3 is 2.67 bits per heavy atom. The van der Waals surface area contributed by atoms with Gasteiger partial charge in [0.05, 0.1) is 22.4 Å². The zero-order chi connectivity index (χ0) is 16.2. The van der Waals surface area contributed by atoms with Crippen molar-refractivity contribution in [3.63, 3.8) is 0 Å². The molecule has 1 aliphatic rings. The van der Waals surface area contributed by atoms with Gasteiger partial charge in [0.1, 0.15) is 0 Å². The van der Waals surface area contributed by atoms with Gasteiger partial charge >= 0.3 is 0 Å². The number of nitrogens with one attached hydrogen (secondary N) is 1. The molecule has 1 N–H and O–H groups in total. The summed E-state index contributed by atoms with van der Waals surface area (Å²) in [5.41, 5.74) is 1.21. The largest absolute Gasteiger partial charge is 0.337 e. The topological polar surface area (TPSA) is 93.3 Å². The highest BCUT2D eigenvalue weighted by atomic mass is 35.5. The molecule has 0 atom stereocenters. The summed E-state index contributed by atoms with van der Waals surface area (Å²) in [5.74, 6) is -0.0399. The van der Waals surface area contributed by atoms with Crippen molar-refractivity contribution in [2.45, 2.75) is 6.42 Å². The van der Waals surface area contributed by atoms with Gasteiger partial charge in [0.25, 0.3) is 11.6 Å². The number of hydrogen-bond acceptors (Lipinski definition) is 5. The molecule has 1 fully saturated rings. The molecule has 1 aromatic heterocycles. The van der Waals surface area contributed by atoms with E-state index in [1.807, 2.05) is 4.90 Å². The lowest BCUT2D eigenvalue weighted by Gasteiger charge is -2.18. The number of nitro groups is 1. The Morgan fingerprint density at radius 1 is 1.21 bits per heavy atom. The second-order valence-corrected chi connectivity index (χ2v) is 5.34. The molecule has 1 aromatic carbocycles. The monoisotopic (exact) mass is 351 g/mol. The summed E-state index contributed by atoms with van der Waals surface area (Å²) in [6.45, 7) is 3.13. The standard InChI is InChI=1S/C15H17N5O3.ClH/c21-15(18-8-1-6-16-7-9-18)12-10-17-19(11-12)13-2-4-14(5-3-13)20(22)23;/h2-5,10-11,16H,1,6-9H2;1H. The molecule has 1 saturated heterocycles. The summed E-state index contributed by atoms with van der Waals surface area (Å²) in [7, 11) is 0. The Balaban J connectivity index is 0.00000208. The van der Waals surface area contributed by atoms with E-state index in [9.17, 15) is 14.9 Å². The van der Waals surface area contributed by atoms with Gasteiger partial charge in [0.15, 0.2) is 0 Å². The Labute approximate surface area is 145 Å². The van der Waals surface area contributed by atoms with Crippen LogP contribution in [0, 0.1) is 10.1 Å². The van der Waals surface area contributed by atoms with E-state index in [1.54, 1.807) is 23.0 Å². The highest BCUT2D eigenvalue weighted by molar-refractivity contribution is 5.93. The molecule has 128 valence electrons. The van der Waals surface area contributed by atoms with E-state index >= 15 is 0 Å². The second kappa shape index (κ2) is 7.89. The third-order valence-corrected chi connectivity index (χ3v) is 3.78. The van der Waals surface area contributed by atoms with Gasteiger partial charge in [0, 0.05) is 38.0 Å². The number of carbonyl (C=O) groups is 1. The maximum absolute atomic E-state index is 12.5. The molecule has 8 nitrogen and oxygen atoms in total. The van der Waals surface area contributed by atoms with Crippen molar-refractivity contribution in [1.82, 2.24) is 20.0 Å². The SMILES string of the molecule is Cl.O=C(c1cnn(-c2ccc([N+](=O)[O-])cc2)c1)N1CCCNCC1. The van der Waals surface area contributed by atoms with Crippen LogP contribution in [0.3, 0.4) is 0 Å². The minimum atomic E-state index is -0.449. The van der Waals surface area contributed by atoms with Gasteiger partial charge < -0.3 is 10.2 Å². The number of rotatable bonds is 3. The van der Waals surface area contributed by atoms with Crippen molar-refractivity contribution in [2.75, 3.05) is 26.2 Å². The number of nitrogens with zero attached hydrogens (tertiary/aromatic N) is 4. The van der Waals surface area contributed by atoms with Gasteiger partial charge in [-0.3, -0.25) is 14.9 Å². The average Bonchev–Trinajstić information content (AvgIpc) is 2.90. The Kier molecular flexibility index (Phi) is 5.88. The highest BCUT2D eigenvalue weighted by Gasteiger charge is 2.18. The predicted octanol–water partition coefficient (Wildman–Crippen LogP) is 1.64. The van der Waals surface area contributed by atoms with E-state index in [-0.39, 0.29) is 24.0 Å². The number of halogens is 1. The van der Waals surface area contributed by atoms with Crippen LogP contribution in [0.15, 0.2) is 36.7 Å².